The standard InChI is InChI=1S/C14H17F2NO3/c1-20-14(19)10-6-13(12(16)7-11(10)15)17-8-2-4-9(18)5-3-8/h6-9,17-18H,2-5H2,1H3. The quantitative estimate of drug-likeness (QED) is 0.838. The van der Waals surface area contributed by atoms with Crippen molar-refractivity contribution in [3.63, 3.8) is 0 Å². The van der Waals surface area contributed by atoms with Crippen molar-refractivity contribution in [3.05, 3.63) is 29.3 Å². The Morgan fingerprint density at radius 1 is 1.25 bits per heavy atom. The molecule has 1 aliphatic rings. The number of methoxy groups -OCH3 is 1. The zero-order chi connectivity index (χ0) is 14.7. The van der Waals surface area contributed by atoms with Crippen LogP contribution < -0.4 is 5.32 Å². The number of ether oxygens (including phenoxy) is 1. The zero-order valence-corrected chi connectivity index (χ0v) is 11.2. The van der Waals surface area contributed by atoms with Gasteiger partial charge in [0.2, 0.25) is 0 Å². The van der Waals surface area contributed by atoms with Gasteiger partial charge in [-0.15, -0.1) is 0 Å². The summed E-state index contributed by atoms with van der Waals surface area (Å²) in [6.45, 7) is 0. The van der Waals surface area contributed by atoms with Gasteiger partial charge in [-0.25, -0.2) is 13.6 Å². The first-order valence-corrected chi connectivity index (χ1v) is 6.53. The van der Waals surface area contributed by atoms with Gasteiger partial charge in [0.1, 0.15) is 11.6 Å². The minimum atomic E-state index is -0.945. The number of aliphatic hydroxyl groups excluding tert-OH is 1. The summed E-state index contributed by atoms with van der Waals surface area (Å²) in [4.78, 5) is 11.4. The molecular formula is C14H17F2NO3. The Morgan fingerprint density at radius 3 is 2.50 bits per heavy atom. The maximum Gasteiger partial charge on any atom is 0.340 e. The smallest absolute Gasteiger partial charge is 0.340 e. The predicted molar refractivity (Wildman–Crippen MR) is 69.6 cm³/mol. The number of hydrogen-bond donors (Lipinski definition) is 2. The molecule has 1 saturated carbocycles. The van der Waals surface area contributed by atoms with E-state index in [1.807, 2.05) is 0 Å². The average molecular weight is 285 g/mol. The van der Waals surface area contributed by atoms with Gasteiger partial charge in [0, 0.05) is 12.1 Å². The highest BCUT2D eigenvalue weighted by Crippen LogP contribution is 2.25. The Labute approximate surface area is 115 Å². The van der Waals surface area contributed by atoms with Crippen LogP contribution >= 0.6 is 0 Å². The van der Waals surface area contributed by atoms with Crippen LogP contribution in [0.3, 0.4) is 0 Å². The summed E-state index contributed by atoms with van der Waals surface area (Å²) in [5.74, 6) is -2.54. The number of esters is 1. The lowest BCUT2D eigenvalue weighted by molar-refractivity contribution is 0.0595. The fraction of sp³-hybridized carbons (Fsp3) is 0.500. The molecule has 0 aliphatic heterocycles. The number of hydrogen-bond acceptors (Lipinski definition) is 4. The second-order valence-corrected chi connectivity index (χ2v) is 4.95. The maximum atomic E-state index is 13.7. The topological polar surface area (TPSA) is 58.6 Å². The van der Waals surface area contributed by atoms with Crippen molar-refractivity contribution in [2.75, 3.05) is 12.4 Å². The molecule has 0 bridgehead atoms. The van der Waals surface area contributed by atoms with E-state index in [9.17, 15) is 18.7 Å². The lowest BCUT2D eigenvalue weighted by Gasteiger charge is -2.27. The Hall–Kier alpha value is -1.69. The molecule has 2 N–H and O–H groups in total. The number of carbonyl (C=O) groups excluding carboxylic acids is 1. The van der Waals surface area contributed by atoms with Gasteiger partial charge in [-0.05, 0) is 31.7 Å². The molecule has 0 saturated heterocycles. The van der Waals surface area contributed by atoms with Crippen LogP contribution in [-0.2, 0) is 4.74 Å². The van der Waals surface area contributed by atoms with Gasteiger partial charge < -0.3 is 15.2 Å². The third-order valence-electron chi connectivity index (χ3n) is 3.52. The Bertz CT molecular complexity index is 499. The van der Waals surface area contributed by atoms with Gasteiger partial charge in [0.05, 0.1) is 24.5 Å². The number of benzene rings is 1. The molecule has 1 aromatic carbocycles. The van der Waals surface area contributed by atoms with Crippen molar-refractivity contribution in [1.82, 2.24) is 0 Å². The first-order chi connectivity index (χ1) is 9.51. The van der Waals surface area contributed by atoms with E-state index in [0.717, 1.165) is 13.2 Å². The van der Waals surface area contributed by atoms with Crippen molar-refractivity contribution >= 4 is 11.7 Å². The second kappa shape index (κ2) is 6.17. The van der Waals surface area contributed by atoms with Gasteiger partial charge in [0.25, 0.3) is 0 Å². The van der Waals surface area contributed by atoms with Gasteiger partial charge in [-0.1, -0.05) is 0 Å². The molecule has 2 rings (SSSR count). The highest BCUT2D eigenvalue weighted by Gasteiger charge is 2.22. The van der Waals surface area contributed by atoms with Crippen molar-refractivity contribution in [2.24, 2.45) is 0 Å². The van der Waals surface area contributed by atoms with Crippen LogP contribution in [0.1, 0.15) is 36.0 Å². The van der Waals surface area contributed by atoms with Crippen LogP contribution in [0.4, 0.5) is 14.5 Å². The van der Waals surface area contributed by atoms with Crippen LogP contribution in [0.2, 0.25) is 0 Å². The van der Waals surface area contributed by atoms with Crippen molar-refractivity contribution < 1.29 is 23.4 Å². The summed E-state index contributed by atoms with van der Waals surface area (Å²) in [6, 6.07) is 1.80. The molecular weight excluding hydrogens is 268 g/mol. The molecule has 110 valence electrons. The van der Waals surface area contributed by atoms with Crippen molar-refractivity contribution in [2.45, 2.75) is 37.8 Å². The van der Waals surface area contributed by atoms with Crippen LogP contribution in [0.25, 0.3) is 0 Å². The van der Waals surface area contributed by atoms with E-state index >= 15 is 0 Å². The largest absolute Gasteiger partial charge is 0.465 e. The van der Waals surface area contributed by atoms with Crippen LogP contribution in [0, 0.1) is 11.6 Å². The molecule has 0 heterocycles. The molecule has 4 nitrogen and oxygen atoms in total. The molecule has 0 spiro atoms. The molecule has 0 aromatic heterocycles. The van der Waals surface area contributed by atoms with E-state index in [0.29, 0.717) is 31.7 Å². The summed E-state index contributed by atoms with van der Waals surface area (Å²) in [6.07, 6.45) is 2.38. The number of nitrogens with one attached hydrogen (secondary N) is 1. The number of anilines is 1. The van der Waals surface area contributed by atoms with Crippen molar-refractivity contribution in [1.29, 1.82) is 0 Å². The maximum absolute atomic E-state index is 13.7. The molecule has 0 atom stereocenters. The Balaban J connectivity index is 2.16. The van der Waals surface area contributed by atoms with E-state index < -0.39 is 17.6 Å². The van der Waals surface area contributed by atoms with Gasteiger partial charge in [-0.2, -0.15) is 0 Å². The normalized spacial score (nSPS) is 22.4. The predicted octanol–water partition coefficient (Wildman–Crippen LogP) is 2.47. The monoisotopic (exact) mass is 285 g/mol. The fourth-order valence-electron chi connectivity index (χ4n) is 2.37. The summed E-state index contributed by atoms with van der Waals surface area (Å²) < 4.78 is 31.7. The van der Waals surface area contributed by atoms with Gasteiger partial charge in [-0.3, -0.25) is 0 Å². The molecule has 1 aliphatic carbocycles. The third kappa shape index (κ3) is 3.25. The molecule has 0 unspecified atom stereocenters. The number of carbonyl (C=O) groups is 1. The van der Waals surface area contributed by atoms with E-state index in [1.54, 1.807) is 0 Å². The summed E-state index contributed by atoms with van der Waals surface area (Å²) >= 11 is 0. The number of halogens is 2. The average Bonchev–Trinajstić information content (AvgIpc) is 2.43. The minimum absolute atomic E-state index is 0.00357. The summed E-state index contributed by atoms with van der Waals surface area (Å²) in [5.41, 5.74) is -0.222. The number of rotatable bonds is 3. The first kappa shape index (κ1) is 14.7. The zero-order valence-electron chi connectivity index (χ0n) is 11.2. The first-order valence-electron chi connectivity index (χ1n) is 6.53. The minimum Gasteiger partial charge on any atom is -0.465 e. The van der Waals surface area contributed by atoms with E-state index in [1.165, 1.54) is 0 Å². The fourth-order valence-corrected chi connectivity index (χ4v) is 2.37. The van der Waals surface area contributed by atoms with E-state index in [2.05, 4.69) is 10.1 Å². The van der Waals surface area contributed by atoms with Crippen LogP contribution in [0.15, 0.2) is 12.1 Å². The lowest BCUT2D eigenvalue weighted by Crippen LogP contribution is -2.28. The van der Waals surface area contributed by atoms with E-state index in [4.69, 9.17) is 0 Å². The summed E-state index contributed by atoms with van der Waals surface area (Å²) in [5, 5.41) is 12.4. The molecule has 1 aromatic rings. The van der Waals surface area contributed by atoms with E-state index in [-0.39, 0.29) is 23.4 Å². The Kier molecular flexibility index (Phi) is 4.54. The van der Waals surface area contributed by atoms with Crippen molar-refractivity contribution in [3.8, 4) is 0 Å². The highest BCUT2D eigenvalue weighted by molar-refractivity contribution is 5.90. The van der Waals surface area contributed by atoms with Crippen LogP contribution in [-0.4, -0.2) is 30.3 Å². The molecule has 0 radical (unpaired) electrons. The highest BCUT2D eigenvalue weighted by atomic mass is 19.1. The molecule has 1 fully saturated rings. The third-order valence-corrected chi connectivity index (χ3v) is 3.52. The molecule has 6 heteroatoms. The SMILES string of the molecule is COC(=O)c1cc(NC2CCC(O)CC2)c(F)cc1F. The Morgan fingerprint density at radius 2 is 1.90 bits per heavy atom. The lowest BCUT2D eigenvalue weighted by atomic mass is 9.93. The second-order valence-electron chi connectivity index (χ2n) is 4.95. The number of aliphatic hydroxyl groups is 1. The van der Waals surface area contributed by atoms with Gasteiger partial charge >= 0.3 is 5.97 Å². The molecule has 0 amide bonds. The van der Waals surface area contributed by atoms with Crippen LogP contribution in [0.5, 0.6) is 0 Å². The molecule has 20 heavy (non-hydrogen) atoms. The van der Waals surface area contributed by atoms with Gasteiger partial charge in [0.15, 0.2) is 0 Å². The summed E-state index contributed by atoms with van der Waals surface area (Å²) in [7, 11) is 1.14.